The second-order valence-electron chi connectivity index (χ2n) is 4.29. The molecule has 84 valence electrons. The molecule has 1 N–H and O–H groups in total. The van der Waals surface area contributed by atoms with E-state index in [1.54, 1.807) is 6.92 Å². The van der Waals surface area contributed by atoms with Gasteiger partial charge in [-0.25, -0.2) is 0 Å². The number of rotatable bonds is 5. The fourth-order valence-corrected chi connectivity index (χ4v) is 1.42. The Morgan fingerprint density at radius 3 is 2.80 bits per heavy atom. The fraction of sp³-hybridized carbons (Fsp3) is 0.636. The molecule has 0 aromatic heterocycles. The summed E-state index contributed by atoms with van der Waals surface area (Å²) in [7, 11) is 0. The van der Waals surface area contributed by atoms with Gasteiger partial charge < -0.3 is 9.84 Å². The lowest BCUT2D eigenvalue weighted by atomic mass is 9.88. The van der Waals surface area contributed by atoms with Gasteiger partial charge in [0.15, 0.2) is 5.78 Å². The molecule has 0 fully saturated rings. The van der Waals surface area contributed by atoms with Crippen LogP contribution in [0.5, 0.6) is 0 Å². The molecule has 0 amide bonds. The highest BCUT2D eigenvalue weighted by molar-refractivity contribution is 6.09. The number of Topliss-reactive ketones (excluding diaryl/α,β-unsaturated/α-hetero) is 1. The van der Waals surface area contributed by atoms with Gasteiger partial charge in [-0.05, 0) is 13.0 Å². The van der Waals surface area contributed by atoms with Crippen LogP contribution < -0.4 is 0 Å². The zero-order valence-corrected chi connectivity index (χ0v) is 9.41. The van der Waals surface area contributed by atoms with E-state index in [-0.39, 0.29) is 18.0 Å². The number of aliphatic imine (C=N–C) groups is 1. The zero-order chi connectivity index (χ0) is 11.5. The number of nitrogens with zero attached hydrogens (tertiary/aromatic N) is 1. The molecule has 1 rings (SSSR count). The van der Waals surface area contributed by atoms with Crippen LogP contribution in [-0.2, 0) is 9.53 Å². The first kappa shape index (κ1) is 12.1. The third-order valence-electron chi connectivity index (χ3n) is 2.43. The van der Waals surface area contributed by atoms with Gasteiger partial charge >= 0.3 is 0 Å². The summed E-state index contributed by atoms with van der Waals surface area (Å²) >= 11 is 0. The van der Waals surface area contributed by atoms with Crippen molar-refractivity contribution in [3.05, 3.63) is 11.6 Å². The normalized spacial score (nSPS) is 16.3. The van der Waals surface area contributed by atoms with Crippen molar-refractivity contribution in [2.24, 2.45) is 10.4 Å². The van der Waals surface area contributed by atoms with Crippen LogP contribution in [-0.4, -0.2) is 36.5 Å². The third kappa shape index (κ3) is 2.97. The Labute approximate surface area is 89.7 Å². The van der Waals surface area contributed by atoms with Crippen LogP contribution in [0, 0.1) is 5.41 Å². The molecular formula is C11H17NO3. The summed E-state index contributed by atoms with van der Waals surface area (Å²) in [5.74, 6) is 0.0626. The number of hydrogen-bond acceptors (Lipinski definition) is 4. The summed E-state index contributed by atoms with van der Waals surface area (Å²) in [4.78, 5) is 15.4. The predicted octanol–water partition coefficient (Wildman–Crippen LogP) is 0.949. The minimum absolute atomic E-state index is 0.0626. The number of aliphatic hydroxyl groups excluding tert-OH is 1. The summed E-state index contributed by atoms with van der Waals surface area (Å²) < 4.78 is 4.97. The number of ether oxygens (including phenoxy) is 1. The molecule has 0 saturated carbocycles. The van der Waals surface area contributed by atoms with Crippen LogP contribution >= 0.6 is 0 Å². The van der Waals surface area contributed by atoms with Gasteiger partial charge in [-0.2, -0.15) is 0 Å². The summed E-state index contributed by atoms with van der Waals surface area (Å²) in [6, 6.07) is 0. The Kier molecular flexibility index (Phi) is 3.77. The predicted molar refractivity (Wildman–Crippen MR) is 57.9 cm³/mol. The standard InChI is InChI=1S/C11H17NO3/c1-8(14)9-4-10(12-5-9)11(2,3)6-15-7-13/h4,13H,5-7H2,1-3H3. The van der Waals surface area contributed by atoms with Crippen molar-refractivity contribution < 1.29 is 14.6 Å². The van der Waals surface area contributed by atoms with Crippen LogP contribution in [0.25, 0.3) is 0 Å². The van der Waals surface area contributed by atoms with Crippen molar-refractivity contribution in [1.29, 1.82) is 0 Å². The van der Waals surface area contributed by atoms with Gasteiger partial charge in [-0.3, -0.25) is 9.79 Å². The van der Waals surface area contributed by atoms with Crippen molar-refractivity contribution in [2.45, 2.75) is 20.8 Å². The Morgan fingerprint density at radius 2 is 2.33 bits per heavy atom. The van der Waals surface area contributed by atoms with Gasteiger partial charge in [0.1, 0.15) is 6.79 Å². The summed E-state index contributed by atoms with van der Waals surface area (Å²) in [6.45, 7) is 6.06. The highest BCUT2D eigenvalue weighted by Crippen LogP contribution is 2.23. The van der Waals surface area contributed by atoms with Gasteiger partial charge in [0, 0.05) is 16.7 Å². The lowest BCUT2D eigenvalue weighted by molar-refractivity contribution is -0.113. The number of carbonyl (C=O) groups is 1. The fourth-order valence-electron chi connectivity index (χ4n) is 1.42. The van der Waals surface area contributed by atoms with Crippen molar-refractivity contribution in [1.82, 2.24) is 0 Å². The first-order valence-electron chi connectivity index (χ1n) is 4.92. The van der Waals surface area contributed by atoms with Gasteiger partial charge in [0.05, 0.1) is 13.2 Å². The molecule has 0 radical (unpaired) electrons. The molecule has 0 unspecified atom stereocenters. The van der Waals surface area contributed by atoms with Gasteiger partial charge in [0.2, 0.25) is 0 Å². The molecule has 0 aliphatic carbocycles. The summed E-state index contributed by atoms with van der Waals surface area (Å²) in [6.07, 6.45) is 1.82. The topological polar surface area (TPSA) is 58.9 Å². The van der Waals surface area contributed by atoms with Crippen LogP contribution in [0.3, 0.4) is 0 Å². The molecule has 4 heteroatoms. The largest absolute Gasteiger partial charge is 0.371 e. The SMILES string of the molecule is CC(=O)C1=CC(C(C)(C)COCO)=NC1. The number of aliphatic hydroxyl groups is 1. The van der Waals surface area contributed by atoms with Crippen molar-refractivity contribution in [2.75, 3.05) is 19.9 Å². The van der Waals surface area contributed by atoms with E-state index in [0.29, 0.717) is 13.2 Å². The average Bonchev–Trinajstić information content (AvgIpc) is 2.64. The molecule has 0 saturated heterocycles. The van der Waals surface area contributed by atoms with E-state index in [0.717, 1.165) is 11.3 Å². The summed E-state index contributed by atoms with van der Waals surface area (Å²) in [5.41, 5.74) is 1.34. The van der Waals surface area contributed by atoms with Crippen molar-refractivity contribution >= 4 is 11.5 Å². The first-order chi connectivity index (χ1) is 6.97. The molecule has 1 heterocycles. The number of ketones is 1. The molecule has 1 aliphatic heterocycles. The van der Waals surface area contributed by atoms with Crippen molar-refractivity contribution in [3.8, 4) is 0 Å². The lowest BCUT2D eigenvalue weighted by Gasteiger charge is -2.22. The lowest BCUT2D eigenvalue weighted by Crippen LogP contribution is -2.28. The van der Waals surface area contributed by atoms with E-state index in [1.807, 2.05) is 19.9 Å². The second kappa shape index (κ2) is 4.68. The second-order valence-corrected chi connectivity index (χ2v) is 4.29. The van der Waals surface area contributed by atoms with E-state index in [2.05, 4.69) is 4.99 Å². The van der Waals surface area contributed by atoms with Gasteiger partial charge in [0.25, 0.3) is 0 Å². The maximum atomic E-state index is 11.1. The van der Waals surface area contributed by atoms with Crippen molar-refractivity contribution in [3.63, 3.8) is 0 Å². The minimum atomic E-state index is -0.292. The van der Waals surface area contributed by atoms with Crippen LogP contribution in [0.2, 0.25) is 0 Å². The van der Waals surface area contributed by atoms with Crippen LogP contribution in [0.15, 0.2) is 16.6 Å². The van der Waals surface area contributed by atoms with E-state index in [4.69, 9.17) is 9.84 Å². The molecule has 0 atom stereocenters. The quantitative estimate of drug-likeness (QED) is 0.689. The Morgan fingerprint density at radius 1 is 1.67 bits per heavy atom. The third-order valence-corrected chi connectivity index (χ3v) is 2.43. The Balaban J connectivity index is 2.69. The molecule has 0 aromatic rings. The van der Waals surface area contributed by atoms with E-state index < -0.39 is 0 Å². The maximum absolute atomic E-state index is 11.1. The average molecular weight is 211 g/mol. The smallest absolute Gasteiger partial charge is 0.157 e. The molecule has 15 heavy (non-hydrogen) atoms. The molecule has 0 spiro atoms. The molecular weight excluding hydrogens is 194 g/mol. The van der Waals surface area contributed by atoms with E-state index in [9.17, 15) is 4.79 Å². The van der Waals surface area contributed by atoms with E-state index in [1.165, 1.54) is 0 Å². The number of allylic oxidation sites excluding steroid dienone is 1. The van der Waals surface area contributed by atoms with Gasteiger partial charge in [-0.15, -0.1) is 0 Å². The molecule has 0 aromatic carbocycles. The van der Waals surface area contributed by atoms with Crippen LogP contribution in [0.4, 0.5) is 0 Å². The molecule has 0 bridgehead atoms. The van der Waals surface area contributed by atoms with Crippen LogP contribution in [0.1, 0.15) is 20.8 Å². The maximum Gasteiger partial charge on any atom is 0.157 e. The first-order valence-corrected chi connectivity index (χ1v) is 4.92. The Bertz CT molecular complexity index is 316. The minimum Gasteiger partial charge on any atom is -0.371 e. The molecule has 4 nitrogen and oxygen atoms in total. The molecule has 1 aliphatic rings. The number of hydrogen-bond donors (Lipinski definition) is 1. The van der Waals surface area contributed by atoms with Gasteiger partial charge in [-0.1, -0.05) is 13.8 Å². The zero-order valence-electron chi connectivity index (χ0n) is 9.41. The monoisotopic (exact) mass is 211 g/mol. The van der Waals surface area contributed by atoms with E-state index >= 15 is 0 Å². The highest BCUT2D eigenvalue weighted by atomic mass is 16.6. The number of carbonyl (C=O) groups excluding carboxylic acids is 1. The Hall–Kier alpha value is -1.00. The highest BCUT2D eigenvalue weighted by Gasteiger charge is 2.27. The summed E-state index contributed by atoms with van der Waals surface area (Å²) in [5, 5.41) is 8.58.